The molecule has 0 spiro atoms. The van der Waals surface area contributed by atoms with Crippen LogP contribution in [0.4, 0.5) is 0 Å². The molecule has 4 rings (SSSR count). The number of carbonyl (C=O) groups is 2. The van der Waals surface area contributed by atoms with Crippen molar-refractivity contribution >= 4 is 50.4 Å². The Morgan fingerprint density at radius 2 is 2.06 bits per heavy atom. The van der Waals surface area contributed by atoms with Crippen LogP contribution in [0.15, 0.2) is 56.1 Å². The molecule has 0 radical (unpaired) electrons. The number of hydrogen-bond acceptors (Lipinski definition) is 5. The number of carboxylic acids is 1. The largest absolute Gasteiger partial charge is 0.492 e. The van der Waals surface area contributed by atoms with E-state index in [-0.39, 0.29) is 35.7 Å². The minimum Gasteiger partial charge on any atom is -0.492 e. The zero-order valence-electron chi connectivity index (χ0n) is 16.8. The Morgan fingerprint density at radius 3 is 2.84 bits per heavy atom. The number of likely N-dealkylation sites (tertiary alicyclic amines) is 1. The van der Waals surface area contributed by atoms with E-state index in [4.69, 9.17) is 20.8 Å². The molecule has 1 atom stereocenters. The lowest BCUT2D eigenvalue weighted by molar-refractivity contribution is -0.148. The van der Waals surface area contributed by atoms with Gasteiger partial charge in [-0.05, 0) is 43.2 Å². The Labute approximate surface area is 196 Å². The molecule has 1 aliphatic heterocycles. The lowest BCUT2D eigenvalue weighted by atomic mass is 10.1. The lowest BCUT2D eigenvalue weighted by Crippen LogP contribution is -2.40. The fourth-order valence-electron chi connectivity index (χ4n) is 3.81. The summed E-state index contributed by atoms with van der Waals surface area (Å²) in [6.45, 7) is 0.477. The third-order valence-electron chi connectivity index (χ3n) is 5.35. The van der Waals surface area contributed by atoms with Crippen molar-refractivity contribution in [2.45, 2.75) is 25.3 Å². The van der Waals surface area contributed by atoms with Crippen molar-refractivity contribution in [1.29, 1.82) is 0 Å². The van der Waals surface area contributed by atoms with Crippen LogP contribution < -0.4 is 10.2 Å². The summed E-state index contributed by atoms with van der Waals surface area (Å²) < 4.78 is 12.5. The van der Waals surface area contributed by atoms with Crippen molar-refractivity contribution in [2.75, 3.05) is 13.2 Å². The van der Waals surface area contributed by atoms with Gasteiger partial charge >= 0.3 is 5.97 Å². The van der Waals surface area contributed by atoms with E-state index in [1.54, 1.807) is 36.4 Å². The predicted octanol–water partition coefficient (Wildman–Crippen LogP) is 4.72. The fourth-order valence-corrected chi connectivity index (χ4v) is 4.36. The Kier molecular flexibility index (Phi) is 6.53. The molecule has 0 bridgehead atoms. The molecule has 0 saturated carbocycles. The molecule has 7 nitrogen and oxygen atoms in total. The van der Waals surface area contributed by atoms with Gasteiger partial charge in [0.25, 0.3) is 0 Å². The van der Waals surface area contributed by atoms with E-state index in [0.29, 0.717) is 41.1 Å². The van der Waals surface area contributed by atoms with Crippen molar-refractivity contribution in [3.8, 4) is 17.1 Å². The van der Waals surface area contributed by atoms with Gasteiger partial charge in [0.2, 0.25) is 5.91 Å². The number of benzene rings is 2. The number of carboxylic acid groups (broad SMARTS) is 1. The average Bonchev–Trinajstić information content (AvgIpc) is 3.25. The summed E-state index contributed by atoms with van der Waals surface area (Å²) in [6, 6.07) is 10.8. The van der Waals surface area contributed by atoms with Gasteiger partial charge in [0.1, 0.15) is 17.6 Å². The monoisotopic (exact) mass is 519 g/mol. The van der Waals surface area contributed by atoms with Crippen molar-refractivity contribution in [2.24, 2.45) is 0 Å². The van der Waals surface area contributed by atoms with E-state index in [1.165, 1.54) is 11.0 Å². The minimum atomic E-state index is -0.990. The van der Waals surface area contributed by atoms with E-state index in [1.807, 2.05) is 0 Å². The topological polar surface area (TPSA) is 97.0 Å². The van der Waals surface area contributed by atoms with Crippen LogP contribution in [0.5, 0.6) is 5.75 Å². The first-order valence-corrected chi connectivity index (χ1v) is 11.2. The second-order valence-corrected chi connectivity index (χ2v) is 8.74. The Balaban J connectivity index is 1.57. The number of ether oxygens (including phenoxy) is 1. The minimum absolute atomic E-state index is 0.0310. The molecule has 1 amide bonds. The number of halogens is 2. The maximum absolute atomic E-state index is 12.6. The van der Waals surface area contributed by atoms with Gasteiger partial charge in [0.05, 0.1) is 29.0 Å². The molecule has 1 fully saturated rings. The zero-order valence-corrected chi connectivity index (χ0v) is 19.2. The number of nitrogens with zero attached hydrogens (tertiary/aromatic N) is 1. The summed E-state index contributed by atoms with van der Waals surface area (Å²) in [4.78, 5) is 37.8. The van der Waals surface area contributed by atoms with Gasteiger partial charge in [0.15, 0.2) is 11.0 Å². The number of amides is 1. The molecular weight excluding hydrogens is 502 g/mol. The molecule has 1 aromatic heterocycles. The summed E-state index contributed by atoms with van der Waals surface area (Å²) in [5.41, 5.74) is 0.583. The van der Waals surface area contributed by atoms with Gasteiger partial charge in [-0.3, -0.25) is 9.59 Å². The average molecular weight is 521 g/mol. The molecule has 32 heavy (non-hydrogen) atoms. The molecule has 1 unspecified atom stereocenters. The van der Waals surface area contributed by atoms with E-state index >= 15 is 0 Å². The molecule has 1 saturated heterocycles. The summed E-state index contributed by atoms with van der Waals surface area (Å²) in [5.74, 6) is -0.556. The lowest BCUT2D eigenvalue weighted by Gasteiger charge is -2.21. The molecule has 2 heterocycles. The van der Waals surface area contributed by atoms with Gasteiger partial charge in [-0.15, -0.1) is 0 Å². The Morgan fingerprint density at radius 1 is 1.25 bits per heavy atom. The SMILES string of the molecule is O=C(O)C1CCCN1C(=O)CCOc1cc(Br)ccc1-c1cc(=O)c2cccc(Cl)c2o1. The first kappa shape index (κ1) is 22.4. The van der Waals surface area contributed by atoms with Crippen LogP contribution in [0.1, 0.15) is 19.3 Å². The van der Waals surface area contributed by atoms with E-state index in [2.05, 4.69) is 15.9 Å². The maximum atomic E-state index is 12.6. The number of para-hydroxylation sites is 1. The number of carbonyl (C=O) groups excluding carboxylic acids is 1. The molecular formula is C23H19BrClNO6. The van der Waals surface area contributed by atoms with Crippen LogP contribution in [0.25, 0.3) is 22.3 Å². The molecule has 2 aromatic carbocycles. The number of hydrogen-bond donors (Lipinski definition) is 1. The van der Waals surface area contributed by atoms with Crippen molar-refractivity contribution < 1.29 is 23.8 Å². The van der Waals surface area contributed by atoms with Gasteiger partial charge in [-0.2, -0.15) is 0 Å². The molecule has 166 valence electrons. The standard InChI is InChI=1S/C23H19BrClNO6/c24-13-6-7-15(20-12-18(27)14-3-1-4-16(25)22(14)32-20)19(11-13)31-10-8-21(28)26-9-2-5-17(26)23(29)30/h1,3-4,6-7,11-12,17H,2,5,8-10H2,(H,29,30). The first-order valence-electron chi connectivity index (χ1n) is 10.0. The second-order valence-electron chi connectivity index (χ2n) is 7.41. The number of aliphatic carboxylic acids is 1. The van der Waals surface area contributed by atoms with Crippen molar-refractivity contribution in [1.82, 2.24) is 4.90 Å². The maximum Gasteiger partial charge on any atom is 0.326 e. The van der Waals surface area contributed by atoms with Crippen LogP contribution >= 0.6 is 27.5 Å². The summed E-state index contributed by atoms with van der Waals surface area (Å²) in [7, 11) is 0. The Bertz CT molecular complexity index is 1260. The van der Waals surface area contributed by atoms with Gasteiger partial charge in [-0.25, -0.2) is 4.79 Å². The summed E-state index contributed by atoms with van der Waals surface area (Å²) in [5, 5.41) is 9.97. The van der Waals surface area contributed by atoms with E-state index in [0.717, 1.165) is 4.47 Å². The quantitative estimate of drug-likeness (QED) is 0.505. The van der Waals surface area contributed by atoms with Crippen LogP contribution in [0, 0.1) is 0 Å². The van der Waals surface area contributed by atoms with Crippen LogP contribution in [-0.2, 0) is 9.59 Å². The highest BCUT2D eigenvalue weighted by atomic mass is 79.9. The smallest absolute Gasteiger partial charge is 0.326 e. The van der Waals surface area contributed by atoms with E-state index < -0.39 is 12.0 Å². The van der Waals surface area contributed by atoms with Crippen LogP contribution in [0.2, 0.25) is 5.02 Å². The first-order chi connectivity index (χ1) is 15.3. The molecule has 9 heteroatoms. The second kappa shape index (κ2) is 9.34. The molecule has 1 N–H and O–H groups in total. The molecule has 0 aliphatic carbocycles. The van der Waals surface area contributed by atoms with Gasteiger partial charge in [-0.1, -0.05) is 33.6 Å². The predicted molar refractivity (Wildman–Crippen MR) is 123 cm³/mol. The highest BCUT2D eigenvalue weighted by Crippen LogP contribution is 2.34. The van der Waals surface area contributed by atoms with Crippen LogP contribution in [0.3, 0.4) is 0 Å². The van der Waals surface area contributed by atoms with Gasteiger partial charge < -0.3 is 19.2 Å². The van der Waals surface area contributed by atoms with Crippen molar-refractivity contribution in [3.05, 3.63) is 62.2 Å². The number of fused-ring (bicyclic) bond motifs is 1. The summed E-state index contributed by atoms with van der Waals surface area (Å²) in [6.07, 6.45) is 1.16. The number of rotatable bonds is 6. The Hall–Kier alpha value is -2.84. The fraction of sp³-hybridized carbons (Fsp3) is 0.261. The zero-order chi connectivity index (χ0) is 22.8. The normalized spacial score (nSPS) is 15.8. The highest BCUT2D eigenvalue weighted by Gasteiger charge is 2.33. The van der Waals surface area contributed by atoms with E-state index in [9.17, 15) is 19.5 Å². The van der Waals surface area contributed by atoms with Crippen molar-refractivity contribution in [3.63, 3.8) is 0 Å². The van der Waals surface area contributed by atoms with Gasteiger partial charge in [0, 0.05) is 17.1 Å². The highest BCUT2D eigenvalue weighted by molar-refractivity contribution is 9.10. The molecule has 1 aliphatic rings. The molecule has 3 aromatic rings. The third-order valence-corrected chi connectivity index (χ3v) is 6.14. The van der Waals surface area contributed by atoms with Crippen LogP contribution in [-0.4, -0.2) is 41.1 Å². The third kappa shape index (κ3) is 4.52. The summed E-state index contributed by atoms with van der Waals surface area (Å²) >= 11 is 9.61.